The number of para-hydroxylation sites is 1. The molecule has 2 heteroatoms. The molecular weight excluding hydrogens is 657 g/mol. The molecule has 0 fully saturated rings. The fourth-order valence-electron chi connectivity index (χ4n) is 7.52. The van der Waals surface area contributed by atoms with E-state index in [1.54, 1.807) is 0 Å². The topological polar surface area (TPSA) is 26.3 Å². The van der Waals surface area contributed by atoms with E-state index in [4.69, 9.17) is 8.83 Å². The molecule has 0 bridgehead atoms. The fourth-order valence-corrected chi connectivity index (χ4v) is 7.52. The van der Waals surface area contributed by atoms with Gasteiger partial charge in [0.2, 0.25) is 0 Å². The summed E-state index contributed by atoms with van der Waals surface area (Å²) in [6.45, 7) is 17.5. The molecule has 0 N–H and O–H groups in total. The minimum Gasteiger partial charge on any atom is -0.456 e. The summed E-state index contributed by atoms with van der Waals surface area (Å²) < 4.78 is 12.8. The van der Waals surface area contributed by atoms with Crippen LogP contribution in [0.1, 0.15) is 11.1 Å². The molecule has 0 unspecified atom stereocenters. The second-order valence-corrected chi connectivity index (χ2v) is 13.6. The molecule has 0 spiro atoms. The van der Waals surface area contributed by atoms with Gasteiger partial charge in [-0.15, -0.1) is 0 Å². The van der Waals surface area contributed by atoms with Gasteiger partial charge in [-0.05, 0) is 90.3 Å². The van der Waals surface area contributed by atoms with Gasteiger partial charge in [0.15, 0.2) is 0 Å². The second kappa shape index (κ2) is 13.4. The largest absolute Gasteiger partial charge is 0.456 e. The van der Waals surface area contributed by atoms with Crippen molar-refractivity contribution in [3.05, 3.63) is 203 Å². The smallest absolute Gasteiger partial charge is 0.147 e. The first-order chi connectivity index (χ1) is 26.4. The lowest BCUT2D eigenvalue weighted by molar-refractivity contribution is 0.580. The van der Waals surface area contributed by atoms with Crippen LogP contribution in [0.15, 0.2) is 180 Å². The molecule has 0 aliphatic rings. The third-order valence-electron chi connectivity index (χ3n) is 10.3. The van der Waals surface area contributed by atoms with Crippen LogP contribution in [0.3, 0.4) is 0 Å². The minimum atomic E-state index is 0.592. The highest BCUT2D eigenvalue weighted by molar-refractivity contribution is 6.21. The molecule has 256 valence electrons. The van der Waals surface area contributed by atoms with Crippen molar-refractivity contribution in [3.63, 3.8) is 0 Å². The Bertz CT molecular complexity index is 3280. The molecule has 9 rings (SSSR count). The maximum Gasteiger partial charge on any atom is 0.147 e. The van der Waals surface area contributed by atoms with Crippen molar-refractivity contribution < 1.29 is 8.83 Å². The SMILES string of the molecule is C=C(/C=c1\c(=C)oc2c1ccc1ccc3c4ccccc4oc3c12)c1ccc(-c2ccccccc(C(=C)/C=c3/ccccc3=C)c3ccccc23)cc1. The molecule has 0 atom stereocenters. The van der Waals surface area contributed by atoms with E-state index in [9.17, 15) is 0 Å². The molecule has 0 saturated heterocycles. The fraction of sp³-hybridized carbons (Fsp3) is 0. The van der Waals surface area contributed by atoms with Gasteiger partial charge in [0.1, 0.15) is 22.2 Å². The van der Waals surface area contributed by atoms with Crippen molar-refractivity contribution in [3.8, 4) is 11.1 Å². The van der Waals surface area contributed by atoms with Gasteiger partial charge in [0.25, 0.3) is 0 Å². The first kappa shape index (κ1) is 32.7. The van der Waals surface area contributed by atoms with E-state index in [1.807, 2.05) is 42.5 Å². The lowest BCUT2D eigenvalue weighted by Crippen LogP contribution is -2.21. The van der Waals surface area contributed by atoms with Crippen LogP contribution in [0.2, 0.25) is 0 Å². The molecule has 0 aliphatic heterocycles. The number of hydrogen-bond acceptors (Lipinski definition) is 2. The number of rotatable bonds is 5. The molecule has 54 heavy (non-hydrogen) atoms. The Morgan fingerprint density at radius 2 is 1.13 bits per heavy atom. The van der Waals surface area contributed by atoms with Gasteiger partial charge in [-0.1, -0.05) is 166 Å². The van der Waals surface area contributed by atoms with E-state index >= 15 is 0 Å². The molecule has 2 aromatic heterocycles. The third kappa shape index (κ3) is 5.71. The maximum absolute atomic E-state index is 6.41. The molecule has 2 heterocycles. The van der Waals surface area contributed by atoms with Gasteiger partial charge < -0.3 is 8.83 Å². The molecule has 9 aromatic rings. The zero-order chi connectivity index (χ0) is 36.8. The molecule has 0 amide bonds. The van der Waals surface area contributed by atoms with Crippen LogP contribution in [0.25, 0.3) is 102 Å². The summed E-state index contributed by atoms with van der Waals surface area (Å²) in [5.74, 6) is 0. The summed E-state index contributed by atoms with van der Waals surface area (Å²) in [5.41, 5.74) is 9.09. The average molecular weight is 693 g/mol. The van der Waals surface area contributed by atoms with Crippen molar-refractivity contribution >= 4 is 90.9 Å². The Hall–Kier alpha value is -7.16. The molecule has 2 nitrogen and oxygen atoms in total. The quantitative estimate of drug-likeness (QED) is 0.179. The Morgan fingerprint density at radius 3 is 1.93 bits per heavy atom. The van der Waals surface area contributed by atoms with Crippen molar-refractivity contribution in [2.24, 2.45) is 0 Å². The van der Waals surface area contributed by atoms with E-state index in [1.165, 1.54) is 0 Å². The number of hydrogen-bond donors (Lipinski definition) is 0. The lowest BCUT2D eigenvalue weighted by atomic mass is 9.94. The van der Waals surface area contributed by atoms with Crippen LogP contribution < -0.4 is 21.1 Å². The Balaban J connectivity index is 1.13. The normalized spacial score (nSPS) is 12.2. The van der Waals surface area contributed by atoms with E-state index in [2.05, 4.69) is 154 Å². The molecule has 0 saturated carbocycles. The summed E-state index contributed by atoms with van der Waals surface area (Å²) in [6.07, 6.45) is 4.19. The summed E-state index contributed by atoms with van der Waals surface area (Å²) >= 11 is 0. The van der Waals surface area contributed by atoms with Crippen LogP contribution in [0, 0.1) is 0 Å². The van der Waals surface area contributed by atoms with E-state index in [0.717, 1.165) is 104 Å². The molecular formula is C52H36O2. The highest BCUT2D eigenvalue weighted by Gasteiger charge is 2.16. The lowest BCUT2D eigenvalue weighted by Gasteiger charge is -2.10. The molecule has 0 aliphatic carbocycles. The maximum atomic E-state index is 6.41. The number of allylic oxidation sites excluding steroid dienone is 2. The highest BCUT2D eigenvalue weighted by atomic mass is 16.3. The minimum absolute atomic E-state index is 0.592. The number of benzene rings is 6. The zero-order valence-electron chi connectivity index (χ0n) is 29.8. The summed E-state index contributed by atoms with van der Waals surface area (Å²) in [6, 6.07) is 54.4. The van der Waals surface area contributed by atoms with Crippen molar-refractivity contribution in [1.29, 1.82) is 0 Å². The van der Waals surface area contributed by atoms with Crippen molar-refractivity contribution in [1.82, 2.24) is 0 Å². The highest BCUT2D eigenvalue weighted by Crippen LogP contribution is 2.37. The summed E-state index contributed by atoms with van der Waals surface area (Å²) in [4.78, 5) is 0. The monoisotopic (exact) mass is 692 g/mol. The Labute approximate surface area is 312 Å². The summed E-state index contributed by atoms with van der Waals surface area (Å²) in [7, 11) is 0. The summed E-state index contributed by atoms with van der Waals surface area (Å²) in [5, 5.41) is 10.3. The average Bonchev–Trinajstić information content (AvgIpc) is 3.74. The second-order valence-electron chi connectivity index (χ2n) is 13.6. The first-order valence-corrected chi connectivity index (χ1v) is 18.0. The predicted octanol–water partition coefficient (Wildman–Crippen LogP) is 11.2. The first-order valence-electron chi connectivity index (χ1n) is 18.0. The van der Waals surface area contributed by atoms with Crippen LogP contribution in [0.5, 0.6) is 0 Å². The van der Waals surface area contributed by atoms with E-state index in [-0.39, 0.29) is 0 Å². The van der Waals surface area contributed by atoms with Crippen LogP contribution in [0.4, 0.5) is 0 Å². The number of fused-ring (bicyclic) bond motifs is 8. The Morgan fingerprint density at radius 1 is 0.481 bits per heavy atom. The predicted molar refractivity (Wildman–Crippen MR) is 231 cm³/mol. The van der Waals surface area contributed by atoms with Crippen LogP contribution >= 0.6 is 0 Å². The van der Waals surface area contributed by atoms with Gasteiger partial charge in [-0.2, -0.15) is 0 Å². The van der Waals surface area contributed by atoms with Crippen molar-refractivity contribution in [2.45, 2.75) is 0 Å². The zero-order valence-corrected chi connectivity index (χ0v) is 29.8. The van der Waals surface area contributed by atoms with Crippen LogP contribution in [-0.2, 0) is 0 Å². The van der Waals surface area contributed by atoms with Gasteiger partial charge in [0.05, 0.1) is 5.39 Å². The van der Waals surface area contributed by atoms with E-state index in [0.29, 0.717) is 5.42 Å². The number of furan rings is 2. The molecule has 0 radical (unpaired) electrons. The van der Waals surface area contributed by atoms with Gasteiger partial charge >= 0.3 is 0 Å². The van der Waals surface area contributed by atoms with E-state index < -0.39 is 0 Å². The van der Waals surface area contributed by atoms with Gasteiger partial charge in [0, 0.05) is 21.4 Å². The third-order valence-corrected chi connectivity index (χ3v) is 10.3. The van der Waals surface area contributed by atoms with Gasteiger partial charge in [-0.25, -0.2) is 0 Å². The standard InChI is InChI=1S/C52H36O2/c1-33-15-9-10-16-40(33)31-35(3)41-17-7-5-6-8-18-42(44-20-12-11-19-43(41)44)38-25-23-37(24-26-38)34(2)32-48-36(4)53-51-47(48)30-28-39-27-29-46-45-21-13-14-22-49(45)54-52(46)50(39)51/h5-32H,1-4H2/b6-5?,7-5?,8-6?,17-7?,18-8?,40-31-,41-17?,42-18?,43-41?,44-42?,48-32+. The van der Waals surface area contributed by atoms with Crippen molar-refractivity contribution in [2.75, 3.05) is 0 Å². The van der Waals surface area contributed by atoms with Crippen LogP contribution in [-0.4, -0.2) is 0 Å². The van der Waals surface area contributed by atoms with Gasteiger partial charge in [-0.3, -0.25) is 0 Å². The molecule has 7 aromatic carbocycles. The Kier molecular flexibility index (Phi) is 8.14.